The van der Waals surface area contributed by atoms with Gasteiger partial charge in [0, 0.05) is 11.6 Å². The Kier molecular flexibility index (Phi) is 7.39. The van der Waals surface area contributed by atoms with E-state index in [1.165, 1.54) is 4.57 Å². The number of nitrogens with zero attached hydrogens (tertiary/aromatic N) is 1. The molecule has 1 heterocycles. The Morgan fingerprint density at radius 2 is 1.97 bits per heavy atom. The van der Waals surface area contributed by atoms with Crippen LogP contribution in [0, 0.1) is 0 Å². The highest BCUT2D eigenvalue weighted by atomic mass is 16.6. The number of carbonyl (C=O) groups excluding carboxylic acids is 3. The minimum absolute atomic E-state index is 0.196. The van der Waals surface area contributed by atoms with Crippen molar-refractivity contribution in [3.8, 4) is 0 Å². The molecule has 8 heteroatoms. The van der Waals surface area contributed by atoms with Crippen LogP contribution < -0.4 is 5.32 Å². The molecule has 0 radical (unpaired) electrons. The van der Waals surface area contributed by atoms with Gasteiger partial charge in [-0.25, -0.2) is 4.79 Å². The third-order valence-electron chi connectivity index (χ3n) is 4.22. The first-order valence-corrected chi connectivity index (χ1v) is 9.51. The monoisotopic (exact) mass is 404 g/mol. The Labute approximate surface area is 169 Å². The van der Waals surface area contributed by atoms with Crippen molar-refractivity contribution in [1.29, 1.82) is 0 Å². The molecular formula is C21H28N2O6. The summed E-state index contributed by atoms with van der Waals surface area (Å²) in [5.74, 6) is -0.564. The molecule has 2 aromatic rings. The SMILES string of the molecule is CCOC(=O)C[C@H](O)[C@H](Cc1cn(C=O)c2ccccc12)NC(=O)OC(C)(C)C. The molecule has 0 saturated carbocycles. The maximum Gasteiger partial charge on any atom is 0.407 e. The summed E-state index contributed by atoms with van der Waals surface area (Å²) in [6.07, 6.45) is 0.363. The molecule has 29 heavy (non-hydrogen) atoms. The van der Waals surface area contributed by atoms with E-state index in [0.717, 1.165) is 10.9 Å². The molecule has 1 amide bonds. The van der Waals surface area contributed by atoms with E-state index in [1.807, 2.05) is 18.2 Å². The Balaban J connectivity index is 2.28. The lowest BCUT2D eigenvalue weighted by Gasteiger charge is -2.26. The quantitative estimate of drug-likeness (QED) is 0.517. The van der Waals surface area contributed by atoms with Gasteiger partial charge >= 0.3 is 12.1 Å². The third-order valence-corrected chi connectivity index (χ3v) is 4.22. The van der Waals surface area contributed by atoms with Crippen molar-refractivity contribution in [3.63, 3.8) is 0 Å². The summed E-state index contributed by atoms with van der Waals surface area (Å²) < 4.78 is 11.6. The Hall–Kier alpha value is -2.87. The molecule has 0 fully saturated rings. The lowest BCUT2D eigenvalue weighted by molar-refractivity contribution is -0.145. The molecule has 2 atom stereocenters. The van der Waals surface area contributed by atoms with Crippen LogP contribution in [0.3, 0.4) is 0 Å². The van der Waals surface area contributed by atoms with Crippen LogP contribution in [-0.4, -0.2) is 52.5 Å². The minimum atomic E-state index is -1.19. The topological polar surface area (TPSA) is 107 Å². The number of alkyl carbamates (subject to hydrolysis) is 1. The molecule has 0 spiro atoms. The fourth-order valence-corrected chi connectivity index (χ4v) is 3.04. The third kappa shape index (κ3) is 6.32. The maximum absolute atomic E-state index is 12.3. The average molecular weight is 404 g/mol. The van der Waals surface area contributed by atoms with Crippen LogP contribution in [0.1, 0.15) is 39.7 Å². The lowest BCUT2D eigenvalue weighted by Crippen LogP contribution is -2.47. The molecule has 2 rings (SSSR count). The van der Waals surface area contributed by atoms with Crippen LogP contribution in [0.2, 0.25) is 0 Å². The van der Waals surface area contributed by atoms with Crippen molar-refractivity contribution >= 4 is 29.4 Å². The number of aliphatic hydroxyl groups excluding tert-OH is 1. The van der Waals surface area contributed by atoms with Gasteiger partial charge in [0.25, 0.3) is 0 Å². The van der Waals surface area contributed by atoms with Gasteiger partial charge in [-0.1, -0.05) is 18.2 Å². The van der Waals surface area contributed by atoms with Gasteiger partial charge in [-0.05, 0) is 45.7 Å². The molecule has 1 aromatic heterocycles. The number of fused-ring (bicyclic) bond motifs is 1. The van der Waals surface area contributed by atoms with Crippen LogP contribution in [0.5, 0.6) is 0 Å². The molecule has 8 nitrogen and oxygen atoms in total. The highest BCUT2D eigenvalue weighted by molar-refractivity contribution is 5.88. The number of ether oxygens (including phenoxy) is 2. The van der Waals surface area contributed by atoms with E-state index in [4.69, 9.17) is 9.47 Å². The molecule has 1 aromatic carbocycles. The Morgan fingerprint density at radius 3 is 2.59 bits per heavy atom. The van der Waals surface area contributed by atoms with Gasteiger partial charge in [0.1, 0.15) is 5.60 Å². The number of carbonyl (C=O) groups is 3. The fourth-order valence-electron chi connectivity index (χ4n) is 3.04. The number of para-hydroxylation sites is 1. The molecule has 158 valence electrons. The van der Waals surface area contributed by atoms with Crippen molar-refractivity contribution in [2.24, 2.45) is 0 Å². The zero-order valence-electron chi connectivity index (χ0n) is 17.2. The molecule has 2 N–H and O–H groups in total. The Morgan fingerprint density at radius 1 is 1.28 bits per heavy atom. The number of hydrogen-bond acceptors (Lipinski definition) is 6. The van der Waals surface area contributed by atoms with Gasteiger partial charge in [0.05, 0.1) is 30.7 Å². The fraction of sp³-hybridized carbons (Fsp3) is 0.476. The summed E-state index contributed by atoms with van der Waals surface area (Å²) in [5.41, 5.74) is 0.749. The molecule has 0 saturated heterocycles. The van der Waals surface area contributed by atoms with Gasteiger partial charge < -0.3 is 19.9 Å². The summed E-state index contributed by atoms with van der Waals surface area (Å²) in [6.45, 7) is 7.06. The summed E-state index contributed by atoms with van der Waals surface area (Å²) in [4.78, 5) is 35.5. The second kappa shape index (κ2) is 9.56. The minimum Gasteiger partial charge on any atom is -0.466 e. The predicted octanol–water partition coefficient (Wildman–Crippen LogP) is 2.43. The van der Waals surface area contributed by atoms with E-state index in [9.17, 15) is 19.5 Å². The number of esters is 1. The predicted molar refractivity (Wildman–Crippen MR) is 108 cm³/mol. The van der Waals surface area contributed by atoms with E-state index in [1.54, 1.807) is 40.0 Å². The Bertz CT molecular complexity index is 868. The molecule has 0 aliphatic rings. The average Bonchev–Trinajstić information content (AvgIpc) is 2.97. The number of aliphatic hydroxyl groups is 1. The van der Waals surface area contributed by atoms with E-state index in [-0.39, 0.29) is 19.4 Å². The zero-order chi connectivity index (χ0) is 21.6. The van der Waals surface area contributed by atoms with Crippen LogP contribution >= 0.6 is 0 Å². The van der Waals surface area contributed by atoms with Crippen LogP contribution in [0.4, 0.5) is 4.79 Å². The highest BCUT2D eigenvalue weighted by Gasteiger charge is 2.28. The second-order valence-electron chi connectivity index (χ2n) is 7.72. The van der Waals surface area contributed by atoms with Crippen molar-refractivity contribution < 1.29 is 29.0 Å². The number of aromatic nitrogens is 1. The first kappa shape index (κ1) is 22.4. The van der Waals surface area contributed by atoms with Crippen LogP contribution in [0.15, 0.2) is 30.5 Å². The number of benzene rings is 1. The molecule has 0 aliphatic heterocycles. The summed E-state index contributed by atoms with van der Waals surface area (Å²) in [6, 6.07) is 6.50. The number of amides is 1. The van der Waals surface area contributed by atoms with Crippen molar-refractivity contribution in [2.45, 2.75) is 58.3 Å². The standard InChI is InChI=1S/C21H28N2O6/c1-5-28-19(26)11-18(25)16(22-20(27)29-21(2,3)4)10-14-12-23(13-24)17-9-7-6-8-15(14)17/h6-9,12-13,16,18,25H,5,10-11H2,1-4H3,(H,22,27)/t16-,18-/m0/s1. The molecule has 0 aliphatic carbocycles. The van der Waals surface area contributed by atoms with Crippen molar-refractivity contribution in [3.05, 3.63) is 36.0 Å². The molecular weight excluding hydrogens is 376 g/mol. The van der Waals surface area contributed by atoms with E-state index in [2.05, 4.69) is 5.32 Å². The van der Waals surface area contributed by atoms with Gasteiger partial charge in [-0.15, -0.1) is 0 Å². The maximum atomic E-state index is 12.3. The lowest BCUT2D eigenvalue weighted by atomic mass is 9.99. The first-order valence-electron chi connectivity index (χ1n) is 9.51. The van der Waals surface area contributed by atoms with Crippen molar-refractivity contribution in [2.75, 3.05) is 6.61 Å². The van der Waals surface area contributed by atoms with Crippen molar-refractivity contribution in [1.82, 2.24) is 9.88 Å². The van der Waals surface area contributed by atoms with E-state index < -0.39 is 29.8 Å². The van der Waals surface area contributed by atoms with Gasteiger partial charge in [0.15, 0.2) is 0 Å². The van der Waals surface area contributed by atoms with Gasteiger partial charge in [-0.2, -0.15) is 0 Å². The highest BCUT2D eigenvalue weighted by Crippen LogP contribution is 2.23. The normalized spacial score (nSPS) is 13.6. The number of hydrogen-bond donors (Lipinski definition) is 2. The number of nitrogens with one attached hydrogen (secondary N) is 1. The summed E-state index contributed by atoms with van der Waals surface area (Å²) >= 11 is 0. The largest absolute Gasteiger partial charge is 0.466 e. The van der Waals surface area contributed by atoms with E-state index in [0.29, 0.717) is 11.9 Å². The smallest absolute Gasteiger partial charge is 0.407 e. The van der Waals surface area contributed by atoms with E-state index >= 15 is 0 Å². The summed E-state index contributed by atoms with van der Waals surface area (Å²) in [7, 11) is 0. The second-order valence-corrected chi connectivity index (χ2v) is 7.72. The summed E-state index contributed by atoms with van der Waals surface area (Å²) in [5, 5.41) is 14.1. The first-order chi connectivity index (χ1) is 13.6. The van der Waals surface area contributed by atoms with Gasteiger partial charge in [0.2, 0.25) is 6.41 Å². The molecule has 0 bridgehead atoms. The van der Waals surface area contributed by atoms with Gasteiger partial charge in [-0.3, -0.25) is 14.2 Å². The zero-order valence-corrected chi connectivity index (χ0v) is 17.2. The molecule has 0 unspecified atom stereocenters. The van der Waals surface area contributed by atoms with Crippen LogP contribution in [-0.2, 0) is 25.5 Å². The number of rotatable bonds is 8. The van der Waals surface area contributed by atoms with Crippen LogP contribution in [0.25, 0.3) is 10.9 Å².